The Bertz CT molecular complexity index is 247. The molecule has 0 fully saturated rings. The normalized spacial score (nSPS) is 10.9. The van der Waals surface area contributed by atoms with Crippen LogP contribution in [0, 0.1) is 0 Å². The number of carbonyl (C=O) groups excluding carboxylic acids is 1. The highest BCUT2D eigenvalue weighted by Crippen LogP contribution is 2.14. The average Bonchev–Trinajstić information content (AvgIpc) is 2.50. The lowest BCUT2D eigenvalue weighted by Gasteiger charge is -2.05. The summed E-state index contributed by atoms with van der Waals surface area (Å²) in [5.41, 5.74) is 0. The lowest BCUT2D eigenvalue weighted by Crippen LogP contribution is -2.15. The number of nitrogens with zero attached hydrogens (tertiary/aromatic N) is 1. The second-order valence-electron chi connectivity index (χ2n) is 6.35. The Morgan fingerprint density at radius 3 is 1.36 bits per heavy atom. The highest BCUT2D eigenvalue weighted by molar-refractivity contribution is 9.07. The molecule has 0 aromatic rings. The molecule has 0 saturated carbocycles. The van der Waals surface area contributed by atoms with Gasteiger partial charge in [0.2, 0.25) is 0 Å². The Balaban J connectivity index is 3.04. The van der Waals surface area contributed by atoms with Gasteiger partial charge in [0.15, 0.2) is 0 Å². The largest absolute Gasteiger partial charge is 0.275 e. The topological polar surface area (TPSA) is 40.5 Å². The molecule has 0 aromatic heterocycles. The Morgan fingerprint density at radius 2 is 1.05 bits per heavy atom. The second-order valence-corrected chi connectivity index (χ2v) is 7.03. The number of hydrogen-bond acceptors (Lipinski definition) is 2. The van der Waals surface area contributed by atoms with Crippen LogP contribution in [-0.4, -0.2) is 15.2 Å². The minimum absolute atomic E-state index is 0.255. The van der Waals surface area contributed by atoms with Gasteiger partial charge < -0.3 is 0 Å². The van der Waals surface area contributed by atoms with Crippen molar-refractivity contribution in [3.05, 3.63) is 0 Å². The maximum atomic E-state index is 11.1. The van der Waals surface area contributed by atoms with E-state index in [4.69, 9.17) is 5.21 Å². The first-order valence-electron chi connectivity index (χ1n) is 9.36. The van der Waals surface area contributed by atoms with Crippen molar-refractivity contribution in [1.82, 2.24) is 4.09 Å². The molecule has 0 atom stereocenters. The third-order valence-electron chi connectivity index (χ3n) is 4.20. The van der Waals surface area contributed by atoms with Crippen LogP contribution in [0.4, 0.5) is 0 Å². The van der Waals surface area contributed by atoms with Gasteiger partial charge in [0, 0.05) is 6.42 Å². The third kappa shape index (κ3) is 16.3. The summed E-state index contributed by atoms with van der Waals surface area (Å²) < 4.78 is 0.511. The minimum atomic E-state index is -0.255. The molecule has 0 bridgehead atoms. The fourth-order valence-electron chi connectivity index (χ4n) is 2.74. The van der Waals surface area contributed by atoms with Crippen LogP contribution in [0.1, 0.15) is 110 Å². The summed E-state index contributed by atoms with van der Waals surface area (Å²) in [4.78, 5) is 11.1. The van der Waals surface area contributed by atoms with E-state index in [-0.39, 0.29) is 5.91 Å². The molecule has 0 aliphatic heterocycles. The summed E-state index contributed by atoms with van der Waals surface area (Å²) in [6, 6.07) is 0. The maximum Gasteiger partial charge on any atom is 0.256 e. The van der Waals surface area contributed by atoms with Crippen LogP contribution in [0.5, 0.6) is 0 Å². The van der Waals surface area contributed by atoms with Crippen molar-refractivity contribution < 1.29 is 10.0 Å². The van der Waals surface area contributed by atoms with Crippen LogP contribution in [0.15, 0.2) is 0 Å². The number of rotatable bonds is 16. The number of carbonyl (C=O) groups is 1. The van der Waals surface area contributed by atoms with Crippen molar-refractivity contribution in [2.24, 2.45) is 0 Å². The zero-order chi connectivity index (χ0) is 16.5. The zero-order valence-electron chi connectivity index (χ0n) is 14.5. The number of halogens is 1. The number of hydrogen-bond donors (Lipinski definition) is 1. The Hall–Kier alpha value is -0.0900. The molecule has 0 saturated heterocycles. The Labute approximate surface area is 146 Å². The molecule has 0 radical (unpaired) electrons. The first-order chi connectivity index (χ1) is 10.7. The van der Waals surface area contributed by atoms with E-state index in [0.717, 1.165) is 12.8 Å². The van der Waals surface area contributed by atoms with E-state index in [1.807, 2.05) is 0 Å². The van der Waals surface area contributed by atoms with E-state index >= 15 is 0 Å². The van der Waals surface area contributed by atoms with Gasteiger partial charge in [0.05, 0.1) is 16.1 Å². The lowest BCUT2D eigenvalue weighted by atomic mass is 10.0. The summed E-state index contributed by atoms with van der Waals surface area (Å²) in [5.74, 6) is -0.255. The molecule has 22 heavy (non-hydrogen) atoms. The van der Waals surface area contributed by atoms with Gasteiger partial charge in [0.1, 0.15) is 0 Å². The number of amides is 1. The minimum Gasteiger partial charge on any atom is -0.275 e. The monoisotopic (exact) mass is 377 g/mol. The van der Waals surface area contributed by atoms with Gasteiger partial charge in [-0.05, 0) is 6.42 Å². The quantitative estimate of drug-likeness (QED) is 0.139. The Kier molecular flexibility index (Phi) is 17.2. The molecule has 0 rings (SSSR count). The van der Waals surface area contributed by atoms with Crippen LogP contribution in [-0.2, 0) is 4.79 Å². The molecule has 0 aromatic carbocycles. The van der Waals surface area contributed by atoms with E-state index in [9.17, 15) is 4.79 Å². The molecular weight excluding hydrogens is 342 g/mol. The molecule has 4 heteroatoms. The van der Waals surface area contributed by atoms with Gasteiger partial charge in [-0.3, -0.25) is 10.0 Å². The molecule has 132 valence electrons. The van der Waals surface area contributed by atoms with E-state index in [2.05, 4.69) is 23.1 Å². The molecule has 0 aliphatic carbocycles. The molecule has 3 nitrogen and oxygen atoms in total. The predicted octanol–water partition coefficient (Wildman–Crippen LogP) is 6.78. The summed E-state index contributed by atoms with van der Waals surface area (Å²) in [5, 5.41) is 8.84. The average molecular weight is 378 g/mol. The van der Waals surface area contributed by atoms with Crippen LogP contribution in [0.3, 0.4) is 0 Å². The van der Waals surface area contributed by atoms with Gasteiger partial charge in [-0.1, -0.05) is 96.8 Å². The van der Waals surface area contributed by atoms with E-state index < -0.39 is 0 Å². The van der Waals surface area contributed by atoms with E-state index in [1.165, 1.54) is 83.5 Å². The first-order valence-corrected chi connectivity index (χ1v) is 10.1. The number of hydroxylamine groups is 1. The van der Waals surface area contributed by atoms with Gasteiger partial charge in [-0.25, -0.2) is 0 Å². The van der Waals surface area contributed by atoms with Crippen molar-refractivity contribution in [2.75, 3.05) is 0 Å². The van der Waals surface area contributed by atoms with Gasteiger partial charge in [-0.15, -0.1) is 0 Å². The highest BCUT2D eigenvalue weighted by Gasteiger charge is 2.05. The maximum absolute atomic E-state index is 11.1. The molecule has 0 heterocycles. The zero-order valence-corrected chi connectivity index (χ0v) is 16.1. The van der Waals surface area contributed by atoms with Crippen molar-refractivity contribution >= 4 is 22.1 Å². The standard InChI is InChI=1S/C18H36BrNO2/c1-2-3-4-5-6-7-8-9-10-11-12-13-14-15-16-17-18(21)20(19)22/h22H,2-17H2,1H3. The predicted molar refractivity (Wildman–Crippen MR) is 97.1 cm³/mol. The third-order valence-corrected chi connectivity index (χ3v) is 4.60. The first kappa shape index (κ1) is 21.9. The van der Waals surface area contributed by atoms with Crippen molar-refractivity contribution in [2.45, 2.75) is 110 Å². The number of unbranched alkanes of at least 4 members (excludes halogenated alkanes) is 14. The summed E-state index contributed by atoms with van der Waals surface area (Å²) in [6.45, 7) is 2.27. The highest BCUT2D eigenvalue weighted by atomic mass is 79.9. The molecule has 1 N–H and O–H groups in total. The second kappa shape index (κ2) is 17.3. The van der Waals surface area contributed by atoms with Gasteiger partial charge >= 0.3 is 0 Å². The van der Waals surface area contributed by atoms with E-state index in [1.54, 1.807) is 0 Å². The molecule has 1 amide bonds. The lowest BCUT2D eigenvalue weighted by molar-refractivity contribution is -0.143. The Morgan fingerprint density at radius 1 is 0.727 bits per heavy atom. The SMILES string of the molecule is CCCCCCCCCCCCCCCCCC(=O)N(O)Br. The van der Waals surface area contributed by atoms with Crippen molar-refractivity contribution in [3.63, 3.8) is 0 Å². The van der Waals surface area contributed by atoms with Crippen LogP contribution < -0.4 is 0 Å². The summed E-state index contributed by atoms with van der Waals surface area (Å²) >= 11 is 2.72. The molecular formula is C18H36BrNO2. The summed E-state index contributed by atoms with van der Waals surface area (Å²) in [7, 11) is 0. The summed E-state index contributed by atoms with van der Waals surface area (Å²) in [6.07, 6.45) is 20.2. The van der Waals surface area contributed by atoms with Crippen LogP contribution >= 0.6 is 16.1 Å². The fraction of sp³-hybridized carbons (Fsp3) is 0.944. The molecule has 0 spiro atoms. The van der Waals surface area contributed by atoms with Crippen LogP contribution in [0.2, 0.25) is 0 Å². The smallest absolute Gasteiger partial charge is 0.256 e. The molecule has 0 unspecified atom stereocenters. The molecule has 0 aliphatic rings. The van der Waals surface area contributed by atoms with Gasteiger partial charge in [-0.2, -0.15) is 4.09 Å². The fourth-order valence-corrected chi connectivity index (χ4v) is 2.92. The van der Waals surface area contributed by atoms with Gasteiger partial charge in [0.25, 0.3) is 5.91 Å². The van der Waals surface area contributed by atoms with Crippen molar-refractivity contribution in [1.29, 1.82) is 0 Å². The van der Waals surface area contributed by atoms with Crippen LogP contribution in [0.25, 0.3) is 0 Å². The van der Waals surface area contributed by atoms with Crippen molar-refractivity contribution in [3.8, 4) is 0 Å². The van der Waals surface area contributed by atoms with E-state index in [0.29, 0.717) is 10.5 Å².